The quantitative estimate of drug-likeness (QED) is 0.264. The normalized spacial score (nSPS) is 10.8. The number of anilines is 2. The first kappa shape index (κ1) is 22.4. The van der Waals surface area contributed by atoms with Crippen molar-refractivity contribution < 1.29 is 14.3 Å². The topological polar surface area (TPSA) is 72.4 Å². The van der Waals surface area contributed by atoms with Crippen LogP contribution < -0.4 is 4.90 Å². The highest BCUT2D eigenvalue weighted by Gasteiger charge is 2.19. The maximum atomic E-state index is 13.1. The molecule has 0 saturated heterocycles. The van der Waals surface area contributed by atoms with Crippen LogP contribution in [-0.2, 0) is 16.1 Å². The standard InChI is InChI=1S/C28H21N3O3S/c1-19(32)31(22-12-6-3-7-13-22)28-29-21(18-35-28)17-34-27(33)24-16-26(20-10-4-2-5-11-20)30-25-15-9-8-14-23(24)25/h2-16,18H,17H2,1H3. The minimum absolute atomic E-state index is 0.00676. The number of carbonyl (C=O) groups is 2. The number of benzene rings is 3. The minimum Gasteiger partial charge on any atom is -0.456 e. The number of amides is 1. The van der Waals surface area contributed by atoms with Gasteiger partial charge in [0, 0.05) is 23.3 Å². The Morgan fingerprint density at radius 3 is 2.31 bits per heavy atom. The molecule has 172 valence electrons. The largest absolute Gasteiger partial charge is 0.456 e. The average molecular weight is 480 g/mol. The number of hydrogen-bond donors (Lipinski definition) is 0. The molecule has 2 aromatic heterocycles. The molecule has 0 spiro atoms. The molecule has 0 bridgehead atoms. The van der Waals surface area contributed by atoms with Crippen LogP contribution in [0.5, 0.6) is 0 Å². The maximum absolute atomic E-state index is 13.1. The number of ether oxygens (including phenoxy) is 1. The lowest BCUT2D eigenvalue weighted by Crippen LogP contribution is -2.22. The Kier molecular flexibility index (Phi) is 6.32. The number of fused-ring (bicyclic) bond motifs is 1. The van der Waals surface area contributed by atoms with Gasteiger partial charge in [0.25, 0.3) is 0 Å². The molecule has 0 saturated carbocycles. The van der Waals surface area contributed by atoms with Crippen LogP contribution in [0, 0.1) is 0 Å². The Hall–Kier alpha value is -4.36. The lowest BCUT2D eigenvalue weighted by molar-refractivity contribution is -0.115. The Morgan fingerprint density at radius 1 is 0.886 bits per heavy atom. The third kappa shape index (κ3) is 4.81. The molecule has 6 nitrogen and oxygen atoms in total. The van der Waals surface area contributed by atoms with E-state index >= 15 is 0 Å². The lowest BCUT2D eigenvalue weighted by Gasteiger charge is -2.17. The molecular formula is C28H21N3O3S. The molecule has 7 heteroatoms. The van der Waals surface area contributed by atoms with Gasteiger partial charge in [-0.3, -0.25) is 9.69 Å². The first-order chi connectivity index (χ1) is 17.1. The van der Waals surface area contributed by atoms with E-state index in [1.54, 1.807) is 16.3 Å². The van der Waals surface area contributed by atoms with Gasteiger partial charge in [0.05, 0.1) is 28.2 Å². The molecule has 1 amide bonds. The van der Waals surface area contributed by atoms with Gasteiger partial charge >= 0.3 is 5.97 Å². The second-order valence-corrected chi connectivity index (χ2v) is 8.66. The van der Waals surface area contributed by atoms with Crippen LogP contribution in [0.3, 0.4) is 0 Å². The number of esters is 1. The fourth-order valence-corrected chi connectivity index (χ4v) is 4.66. The van der Waals surface area contributed by atoms with E-state index in [9.17, 15) is 9.59 Å². The summed E-state index contributed by atoms with van der Waals surface area (Å²) >= 11 is 1.32. The van der Waals surface area contributed by atoms with Gasteiger partial charge in [-0.2, -0.15) is 0 Å². The number of para-hydroxylation sites is 2. The molecule has 3 aromatic carbocycles. The van der Waals surface area contributed by atoms with Gasteiger partial charge in [-0.25, -0.2) is 14.8 Å². The zero-order chi connectivity index (χ0) is 24.2. The molecule has 5 rings (SSSR count). The first-order valence-corrected chi connectivity index (χ1v) is 11.9. The molecule has 2 heterocycles. The van der Waals surface area contributed by atoms with E-state index in [0.29, 0.717) is 22.1 Å². The monoisotopic (exact) mass is 479 g/mol. The second-order valence-electron chi connectivity index (χ2n) is 7.83. The number of nitrogens with zero attached hydrogens (tertiary/aromatic N) is 3. The van der Waals surface area contributed by atoms with Crippen molar-refractivity contribution in [2.24, 2.45) is 0 Å². The fraction of sp³-hybridized carbons (Fsp3) is 0.0714. The molecule has 0 atom stereocenters. The third-order valence-electron chi connectivity index (χ3n) is 5.42. The molecule has 0 aliphatic heterocycles. The summed E-state index contributed by atoms with van der Waals surface area (Å²) in [4.78, 5) is 36.2. The summed E-state index contributed by atoms with van der Waals surface area (Å²) in [6, 6.07) is 28.3. The fourth-order valence-electron chi connectivity index (χ4n) is 3.79. The average Bonchev–Trinajstić information content (AvgIpc) is 3.36. The Morgan fingerprint density at radius 2 is 1.57 bits per heavy atom. The van der Waals surface area contributed by atoms with E-state index < -0.39 is 5.97 Å². The number of aromatic nitrogens is 2. The molecule has 0 radical (unpaired) electrons. The molecule has 0 N–H and O–H groups in total. The summed E-state index contributed by atoms with van der Waals surface area (Å²) < 4.78 is 5.65. The van der Waals surface area contributed by atoms with E-state index in [1.165, 1.54) is 18.3 Å². The van der Waals surface area contributed by atoms with Gasteiger partial charge in [-0.05, 0) is 24.3 Å². The molecular weight excluding hydrogens is 458 g/mol. The smallest absolute Gasteiger partial charge is 0.339 e. The highest BCUT2D eigenvalue weighted by Crippen LogP contribution is 2.29. The van der Waals surface area contributed by atoms with E-state index in [2.05, 4.69) is 4.98 Å². The van der Waals surface area contributed by atoms with Crippen molar-refractivity contribution in [3.8, 4) is 11.3 Å². The van der Waals surface area contributed by atoms with Crippen LogP contribution >= 0.6 is 11.3 Å². The minimum atomic E-state index is -0.457. The van der Waals surface area contributed by atoms with Crippen LogP contribution in [0.25, 0.3) is 22.2 Å². The molecule has 0 fully saturated rings. The third-order valence-corrected chi connectivity index (χ3v) is 6.29. The van der Waals surface area contributed by atoms with E-state index in [0.717, 1.165) is 22.2 Å². The molecule has 0 unspecified atom stereocenters. The van der Waals surface area contributed by atoms with Crippen LogP contribution in [0.1, 0.15) is 23.0 Å². The first-order valence-electron chi connectivity index (χ1n) is 11.0. The van der Waals surface area contributed by atoms with Crippen molar-refractivity contribution in [3.63, 3.8) is 0 Å². The Labute approximate surface area is 206 Å². The van der Waals surface area contributed by atoms with Crippen molar-refractivity contribution in [1.82, 2.24) is 9.97 Å². The van der Waals surface area contributed by atoms with E-state index in [4.69, 9.17) is 9.72 Å². The highest BCUT2D eigenvalue weighted by molar-refractivity contribution is 7.14. The van der Waals surface area contributed by atoms with Gasteiger partial charge in [-0.15, -0.1) is 11.3 Å². The van der Waals surface area contributed by atoms with Crippen molar-refractivity contribution in [2.45, 2.75) is 13.5 Å². The van der Waals surface area contributed by atoms with Gasteiger partial charge in [0.1, 0.15) is 6.61 Å². The van der Waals surface area contributed by atoms with Crippen molar-refractivity contribution >= 4 is 44.9 Å². The summed E-state index contributed by atoms with van der Waals surface area (Å²) in [5.74, 6) is -0.604. The van der Waals surface area contributed by atoms with Gasteiger partial charge < -0.3 is 4.74 Å². The van der Waals surface area contributed by atoms with Crippen molar-refractivity contribution in [1.29, 1.82) is 0 Å². The van der Waals surface area contributed by atoms with Gasteiger partial charge in [0.15, 0.2) is 5.13 Å². The predicted octanol–water partition coefficient (Wildman–Crippen LogP) is 6.40. The Balaban J connectivity index is 1.39. The van der Waals surface area contributed by atoms with Crippen LogP contribution in [0.15, 0.2) is 96.4 Å². The molecule has 0 aliphatic carbocycles. The van der Waals surface area contributed by atoms with Crippen LogP contribution in [-0.4, -0.2) is 21.8 Å². The van der Waals surface area contributed by atoms with Crippen molar-refractivity contribution in [3.05, 3.63) is 108 Å². The van der Waals surface area contributed by atoms with E-state index in [1.807, 2.05) is 84.9 Å². The molecule has 5 aromatic rings. The number of hydrogen-bond acceptors (Lipinski definition) is 6. The molecule has 0 aliphatic rings. The summed E-state index contributed by atoms with van der Waals surface area (Å²) in [5.41, 5.74) is 4.09. The number of rotatable bonds is 6. The zero-order valence-electron chi connectivity index (χ0n) is 18.9. The van der Waals surface area contributed by atoms with Crippen molar-refractivity contribution in [2.75, 3.05) is 4.90 Å². The number of carbonyl (C=O) groups excluding carboxylic acids is 2. The van der Waals surface area contributed by atoms with Gasteiger partial charge in [0.2, 0.25) is 5.91 Å². The van der Waals surface area contributed by atoms with E-state index in [-0.39, 0.29) is 12.5 Å². The summed E-state index contributed by atoms with van der Waals surface area (Å²) in [5, 5.41) is 3.04. The van der Waals surface area contributed by atoms with Crippen LogP contribution in [0.2, 0.25) is 0 Å². The summed E-state index contributed by atoms with van der Waals surface area (Å²) in [7, 11) is 0. The maximum Gasteiger partial charge on any atom is 0.339 e. The van der Waals surface area contributed by atoms with Gasteiger partial charge in [-0.1, -0.05) is 66.7 Å². The lowest BCUT2D eigenvalue weighted by atomic mass is 10.0. The number of thiazole rings is 1. The Bertz CT molecular complexity index is 1500. The predicted molar refractivity (Wildman–Crippen MR) is 138 cm³/mol. The molecule has 35 heavy (non-hydrogen) atoms. The zero-order valence-corrected chi connectivity index (χ0v) is 19.7. The SMILES string of the molecule is CC(=O)N(c1ccccc1)c1nc(COC(=O)c2cc(-c3ccccc3)nc3ccccc23)cs1. The van der Waals surface area contributed by atoms with Crippen LogP contribution in [0.4, 0.5) is 10.8 Å². The highest BCUT2D eigenvalue weighted by atomic mass is 32.1. The second kappa shape index (κ2) is 9.87. The summed E-state index contributed by atoms with van der Waals surface area (Å²) in [6.45, 7) is 1.49. The number of pyridine rings is 1. The summed E-state index contributed by atoms with van der Waals surface area (Å²) in [6.07, 6.45) is 0.